The molecule has 0 spiro atoms. The van der Waals surface area contributed by atoms with Gasteiger partial charge in [0, 0.05) is 35.5 Å². The van der Waals surface area contributed by atoms with E-state index in [2.05, 4.69) is 22.2 Å². The van der Waals surface area contributed by atoms with Crippen molar-refractivity contribution in [3.8, 4) is 5.75 Å². The molecule has 0 bridgehead atoms. The predicted octanol–water partition coefficient (Wildman–Crippen LogP) is 4.83. The lowest BCUT2D eigenvalue weighted by Crippen LogP contribution is -2.43. The maximum atomic E-state index is 15.8. The SMILES string of the molecule is C=Cc1cc(C(=O)N[C@@H](Cc2cccnc2)C(=O)OCCC)c(F)c(OS(=O)c2ccc(NC(=O)C(C)(C)C)cc2)c1N. The van der Waals surface area contributed by atoms with Crippen LogP contribution in [0.4, 0.5) is 15.8 Å². The Bertz CT molecular complexity index is 1510. The third kappa shape index (κ3) is 8.71. The summed E-state index contributed by atoms with van der Waals surface area (Å²) < 4.78 is 39.5. The zero-order valence-electron chi connectivity index (χ0n) is 24.4. The number of aromatic nitrogens is 1. The van der Waals surface area contributed by atoms with Crippen LogP contribution in [-0.2, 0) is 31.8 Å². The smallest absolute Gasteiger partial charge is 0.328 e. The number of benzene rings is 2. The Morgan fingerprint density at radius 3 is 2.47 bits per heavy atom. The molecule has 228 valence electrons. The molecule has 0 saturated carbocycles. The summed E-state index contributed by atoms with van der Waals surface area (Å²) in [4.78, 5) is 42.5. The number of hydrogen-bond acceptors (Lipinski definition) is 8. The number of nitrogen functional groups attached to an aromatic ring is 1. The van der Waals surface area contributed by atoms with Gasteiger partial charge in [-0.3, -0.25) is 14.6 Å². The fourth-order valence-corrected chi connectivity index (χ4v) is 4.43. The van der Waals surface area contributed by atoms with Gasteiger partial charge in [-0.25, -0.2) is 13.4 Å². The third-order valence-corrected chi connectivity index (χ3v) is 7.08. The lowest BCUT2D eigenvalue weighted by molar-refractivity contribution is -0.146. The quantitative estimate of drug-likeness (QED) is 0.195. The highest BCUT2D eigenvalue weighted by Gasteiger charge is 2.28. The van der Waals surface area contributed by atoms with Crippen molar-refractivity contribution in [2.75, 3.05) is 17.7 Å². The van der Waals surface area contributed by atoms with Gasteiger partial charge in [-0.15, -0.1) is 0 Å². The Labute approximate surface area is 252 Å². The molecule has 1 heterocycles. The highest BCUT2D eigenvalue weighted by molar-refractivity contribution is 7.80. The lowest BCUT2D eigenvalue weighted by Gasteiger charge is -2.19. The van der Waals surface area contributed by atoms with Crippen LogP contribution >= 0.6 is 0 Å². The van der Waals surface area contributed by atoms with Crippen molar-refractivity contribution in [2.45, 2.75) is 51.5 Å². The average molecular weight is 611 g/mol. The van der Waals surface area contributed by atoms with Gasteiger partial charge in [-0.2, -0.15) is 0 Å². The van der Waals surface area contributed by atoms with Crippen LogP contribution in [0, 0.1) is 11.2 Å². The van der Waals surface area contributed by atoms with Crippen LogP contribution in [0.15, 0.2) is 66.3 Å². The minimum absolute atomic E-state index is 0.0482. The highest BCUT2D eigenvalue weighted by Crippen LogP contribution is 2.34. The third-order valence-electron chi connectivity index (χ3n) is 6.10. The number of amides is 2. The molecule has 0 radical (unpaired) electrons. The van der Waals surface area contributed by atoms with E-state index >= 15 is 4.39 Å². The van der Waals surface area contributed by atoms with Crippen LogP contribution in [0.5, 0.6) is 5.75 Å². The summed E-state index contributed by atoms with van der Waals surface area (Å²) in [7, 11) is 0. The first-order valence-corrected chi connectivity index (χ1v) is 14.6. The standard InChI is InChI=1S/C31H35FN4O6S/c1-6-15-41-29(38)24(16-19-9-8-14-34-18-19)36-28(37)23-17-20(7-2)26(33)27(25(23)32)42-43(40)22-12-10-21(11-13-22)35-30(39)31(3,4)5/h7-14,17-18,24H,2,6,15-16,33H2,1,3-5H3,(H,35,39)(H,36,37)/t24-,43?/m0/s1. The number of esters is 1. The Hall–Kier alpha value is -4.58. The summed E-state index contributed by atoms with van der Waals surface area (Å²) in [5.41, 5.74) is 6.01. The zero-order valence-corrected chi connectivity index (χ0v) is 25.3. The first-order valence-electron chi connectivity index (χ1n) is 13.5. The molecule has 2 aromatic carbocycles. The molecule has 4 N–H and O–H groups in total. The van der Waals surface area contributed by atoms with E-state index in [1.54, 1.807) is 39.1 Å². The van der Waals surface area contributed by atoms with Gasteiger partial charge >= 0.3 is 5.97 Å². The Morgan fingerprint density at radius 2 is 1.88 bits per heavy atom. The minimum atomic E-state index is -2.25. The fraction of sp³-hybridized carbons (Fsp3) is 0.290. The highest BCUT2D eigenvalue weighted by atomic mass is 32.2. The van der Waals surface area contributed by atoms with Crippen molar-refractivity contribution in [2.24, 2.45) is 5.41 Å². The number of nitrogens with one attached hydrogen (secondary N) is 2. The molecule has 0 aliphatic heterocycles. The van der Waals surface area contributed by atoms with Gasteiger partial charge in [0.05, 0.1) is 22.8 Å². The first kappa shape index (κ1) is 32.9. The topological polar surface area (TPSA) is 150 Å². The largest absolute Gasteiger partial charge is 0.464 e. The van der Waals surface area contributed by atoms with Crippen molar-refractivity contribution in [1.82, 2.24) is 10.3 Å². The number of nitrogens with two attached hydrogens (primary N) is 1. The first-order chi connectivity index (χ1) is 20.3. The summed E-state index contributed by atoms with van der Waals surface area (Å²) >= 11 is -2.25. The zero-order chi connectivity index (χ0) is 31.7. The summed E-state index contributed by atoms with van der Waals surface area (Å²) in [6.07, 6.45) is 5.01. The number of pyridine rings is 1. The number of rotatable bonds is 12. The number of carbonyl (C=O) groups excluding carboxylic acids is 3. The summed E-state index contributed by atoms with van der Waals surface area (Å²) in [5, 5.41) is 5.27. The van der Waals surface area contributed by atoms with Crippen molar-refractivity contribution in [3.63, 3.8) is 0 Å². The second-order valence-corrected chi connectivity index (χ2v) is 11.7. The molecule has 0 saturated heterocycles. The minimum Gasteiger partial charge on any atom is -0.464 e. The number of nitrogens with zero attached hydrogens (tertiary/aromatic N) is 1. The molecule has 3 rings (SSSR count). The van der Waals surface area contributed by atoms with E-state index in [0.29, 0.717) is 17.7 Å². The maximum Gasteiger partial charge on any atom is 0.328 e. The molecule has 2 amide bonds. The molecule has 0 fully saturated rings. The van der Waals surface area contributed by atoms with Crippen molar-refractivity contribution < 1.29 is 31.9 Å². The van der Waals surface area contributed by atoms with Crippen LogP contribution in [0.1, 0.15) is 55.6 Å². The van der Waals surface area contributed by atoms with E-state index in [9.17, 15) is 18.6 Å². The second kappa shape index (κ2) is 14.5. The van der Waals surface area contributed by atoms with Crippen LogP contribution in [-0.4, -0.2) is 39.6 Å². The van der Waals surface area contributed by atoms with Gasteiger partial charge in [0.2, 0.25) is 22.7 Å². The van der Waals surface area contributed by atoms with Gasteiger partial charge < -0.3 is 25.3 Å². The lowest BCUT2D eigenvalue weighted by atomic mass is 9.95. The molecule has 0 aliphatic carbocycles. The molecule has 43 heavy (non-hydrogen) atoms. The summed E-state index contributed by atoms with van der Waals surface area (Å²) in [5.74, 6) is -3.65. The van der Waals surface area contributed by atoms with Gasteiger partial charge in [-0.05, 0) is 48.4 Å². The van der Waals surface area contributed by atoms with E-state index in [1.165, 1.54) is 36.5 Å². The van der Waals surface area contributed by atoms with Crippen LogP contribution in [0.3, 0.4) is 0 Å². The molecular weight excluding hydrogens is 575 g/mol. The molecule has 2 atom stereocenters. The summed E-state index contributed by atoms with van der Waals surface area (Å²) in [6.45, 7) is 10.9. The van der Waals surface area contributed by atoms with Gasteiger partial charge in [-0.1, -0.05) is 46.4 Å². The fourth-order valence-electron chi connectivity index (χ4n) is 3.66. The predicted molar refractivity (Wildman–Crippen MR) is 163 cm³/mol. The normalized spacial score (nSPS) is 12.5. The van der Waals surface area contributed by atoms with Crippen molar-refractivity contribution >= 4 is 46.3 Å². The monoisotopic (exact) mass is 610 g/mol. The molecule has 12 heteroatoms. The van der Waals surface area contributed by atoms with E-state index in [0.717, 1.165) is 6.07 Å². The summed E-state index contributed by atoms with van der Waals surface area (Å²) in [6, 6.07) is 9.36. The number of carbonyl (C=O) groups is 3. The Balaban J connectivity index is 1.87. The van der Waals surface area contributed by atoms with Gasteiger partial charge in [0.1, 0.15) is 6.04 Å². The maximum absolute atomic E-state index is 15.8. The van der Waals surface area contributed by atoms with Crippen LogP contribution < -0.4 is 20.6 Å². The van der Waals surface area contributed by atoms with Gasteiger partial charge in [0.25, 0.3) is 5.91 Å². The second-order valence-electron chi connectivity index (χ2n) is 10.6. The molecular formula is C31H35FN4O6S. The Morgan fingerprint density at radius 1 is 1.19 bits per heavy atom. The van der Waals surface area contributed by atoms with Gasteiger partial charge in [0.15, 0.2) is 5.82 Å². The Kier molecular flexibility index (Phi) is 11.1. The number of halogens is 1. The van der Waals surface area contributed by atoms with Crippen LogP contribution in [0.25, 0.3) is 6.08 Å². The van der Waals surface area contributed by atoms with E-state index in [1.807, 2.05) is 6.92 Å². The van der Waals surface area contributed by atoms with E-state index in [-0.39, 0.29) is 35.1 Å². The molecule has 1 unspecified atom stereocenters. The molecule has 10 nitrogen and oxygen atoms in total. The molecule has 1 aromatic heterocycles. The van der Waals surface area contributed by atoms with E-state index < -0.39 is 51.5 Å². The number of ether oxygens (including phenoxy) is 1. The number of hydrogen-bond donors (Lipinski definition) is 3. The average Bonchev–Trinajstić information content (AvgIpc) is 2.98. The number of anilines is 2. The van der Waals surface area contributed by atoms with Crippen LogP contribution in [0.2, 0.25) is 0 Å². The van der Waals surface area contributed by atoms with Crippen molar-refractivity contribution in [3.05, 3.63) is 83.9 Å². The molecule has 0 aliphatic rings. The molecule has 3 aromatic rings. The van der Waals surface area contributed by atoms with E-state index in [4.69, 9.17) is 14.7 Å². The van der Waals surface area contributed by atoms with Crippen molar-refractivity contribution in [1.29, 1.82) is 0 Å².